The van der Waals surface area contributed by atoms with Crippen LogP contribution in [0.1, 0.15) is 86.0 Å². The van der Waals surface area contributed by atoms with Crippen molar-refractivity contribution in [3.63, 3.8) is 0 Å². The van der Waals surface area contributed by atoms with Crippen LogP contribution in [-0.4, -0.2) is 135 Å². The van der Waals surface area contributed by atoms with Gasteiger partial charge >= 0.3 is 0 Å². The van der Waals surface area contributed by atoms with Gasteiger partial charge in [-0.1, -0.05) is 13.8 Å². The number of carbonyl (C=O) groups excluding carboxylic acids is 1. The van der Waals surface area contributed by atoms with E-state index in [0.717, 1.165) is 0 Å². The highest BCUT2D eigenvalue weighted by Crippen LogP contribution is 2.69. The standard InChI is InChI=1S/C33H54O13/c1-28(2,41)9-8-22(36)31(5,42)21-7-11-32(43)17-12-23(37)33(44)14-19(45-27-26(40)25(39)24(38)20(15-34)46-27)18(35)13-30(33,4)16(17)6-10-29(21,32)3/h12,16,18-22,24-27,34-36,38-44H,6-11,13-15H2,1-5H3/t16-,18-,19+,20+,21?,22+,24+,25-,26+,27+,29+,30+,31+,32?,33-/m0/s1. The first-order valence-electron chi connectivity index (χ1n) is 16.6. The van der Waals surface area contributed by atoms with E-state index in [4.69, 9.17) is 9.47 Å². The second kappa shape index (κ2) is 11.8. The molecule has 46 heavy (non-hydrogen) atoms. The molecule has 15 atom stereocenters. The van der Waals surface area contributed by atoms with Gasteiger partial charge in [0.1, 0.15) is 30.0 Å². The smallest absolute Gasteiger partial charge is 0.187 e. The van der Waals surface area contributed by atoms with Crippen LogP contribution in [0.5, 0.6) is 0 Å². The zero-order valence-electron chi connectivity index (χ0n) is 27.4. The molecule has 1 aliphatic heterocycles. The van der Waals surface area contributed by atoms with Crippen LogP contribution in [-0.2, 0) is 14.3 Å². The number of ether oxygens (including phenoxy) is 2. The molecule has 0 aromatic heterocycles. The van der Waals surface area contributed by atoms with Crippen molar-refractivity contribution in [1.29, 1.82) is 0 Å². The van der Waals surface area contributed by atoms with Crippen LogP contribution in [0.15, 0.2) is 11.6 Å². The number of hydrogen-bond acceptors (Lipinski definition) is 13. The van der Waals surface area contributed by atoms with E-state index >= 15 is 0 Å². The molecular weight excluding hydrogens is 604 g/mol. The van der Waals surface area contributed by atoms with Crippen molar-refractivity contribution in [2.45, 2.75) is 157 Å². The van der Waals surface area contributed by atoms with Crippen LogP contribution in [0.25, 0.3) is 0 Å². The molecule has 10 N–H and O–H groups in total. The van der Waals surface area contributed by atoms with Crippen molar-refractivity contribution < 1.29 is 65.3 Å². The van der Waals surface area contributed by atoms with Crippen molar-refractivity contribution >= 4 is 5.78 Å². The fourth-order valence-electron chi connectivity index (χ4n) is 9.78. The molecule has 0 aromatic carbocycles. The van der Waals surface area contributed by atoms with Gasteiger partial charge in [-0.2, -0.15) is 0 Å². The molecule has 0 spiro atoms. The molecule has 4 aliphatic carbocycles. The van der Waals surface area contributed by atoms with E-state index in [1.807, 2.05) is 6.92 Å². The summed E-state index contributed by atoms with van der Waals surface area (Å²) < 4.78 is 11.3. The van der Waals surface area contributed by atoms with Gasteiger partial charge in [0, 0.05) is 17.3 Å². The average molecular weight is 659 g/mol. The maximum atomic E-state index is 13.9. The number of rotatable bonds is 8. The van der Waals surface area contributed by atoms with Crippen LogP contribution < -0.4 is 0 Å². The van der Waals surface area contributed by atoms with Crippen molar-refractivity contribution in [1.82, 2.24) is 0 Å². The maximum Gasteiger partial charge on any atom is 0.187 e. The van der Waals surface area contributed by atoms with Gasteiger partial charge in [0.05, 0.1) is 41.7 Å². The number of fused-ring (bicyclic) bond motifs is 5. The molecule has 5 rings (SSSR count). The Morgan fingerprint density at radius 1 is 0.957 bits per heavy atom. The molecule has 1 saturated heterocycles. The van der Waals surface area contributed by atoms with Gasteiger partial charge in [0.15, 0.2) is 12.1 Å². The third-order valence-corrected chi connectivity index (χ3v) is 12.8. The minimum absolute atomic E-state index is 0.108. The Balaban J connectivity index is 1.41. The Morgan fingerprint density at radius 3 is 2.22 bits per heavy atom. The minimum atomic E-state index is -2.03. The van der Waals surface area contributed by atoms with Crippen molar-refractivity contribution in [3.05, 3.63) is 11.6 Å². The largest absolute Gasteiger partial charge is 0.394 e. The lowest BCUT2D eigenvalue weighted by Gasteiger charge is -2.63. The Hall–Kier alpha value is -1.07. The number of carbonyl (C=O) groups is 1. The summed E-state index contributed by atoms with van der Waals surface area (Å²) >= 11 is 0. The summed E-state index contributed by atoms with van der Waals surface area (Å²) in [5, 5.41) is 109. The predicted molar refractivity (Wildman–Crippen MR) is 161 cm³/mol. The molecular formula is C33H54O13. The average Bonchev–Trinajstić information content (AvgIpc) is 3.25. The fourth-order valence-corrected chi connectivity index (χ4v) is 9.78. The Morgan fingerprint density at radius 2 is 1.61 bits per heavy atom. The maximum absolute atomic E-state index is 13.9. The summed E-state index contributed by atoms with van der Waals surface area (Å²) in [6, 6.07) is 0. The molecule has 13 heteroatoms. The fraction of sp³-hybridized carbons (Fsp3) is 0.909. The molecule has 4 fully saturated rings. The summed E-state index contributed by atoms with van der Waals surface area (Å²) in [6.45, 7) is 7.73. The molecule has 0 aromatic rings. The molecule has 0 amide bonds. The van der Waals surface area contributed by atoms with E-state index in [0.29, 0.717) is 24.8 Å². The summed E-state index contributed by atoms with van der Waals surface area (Å²) in [5.41, 5.74) is -7.90. The highest BCUT2D eigenvalue weighted by Gasteiger charge is 2.72. The van der Waals surface area contributed by atoms with Gasteiger partial charge in [-0.05, 0) is 89.2 Å². The molecule has 0 bridgehead atoms. The van der Waals surface area contributed by atoms with Gasteiger partial charge in [-0.15, -0.1) is 0 Å². The summed E-state index contributed by atoms with van der Waals surface area (Å²) in [6.07, 6.45) is -8.82. The highest BCUT2D eigenvalue weighted by atomic mass is 16.7. The van der Waals surface area contributed by atoms with Crippen LogP contribution in [0.4, 0.5) is 0 Å². The van der Waals surface area contributed by atoms with Crippen LogP contribution >= 0.6 is 0 Å². The zero-order chi connectivity index (χ0) is 34.4. The highest BCUT2D eigenvalue weighted by molar-refractivity contribution is 6.00. The van der Waals surface area contributed by atoms with E-state index in [9.17, 15) is 55.9 Å². The summed E-state index contributed by atoms with van der Waals surface area (Å²) in [7, 11) is 0. The molecule has 0 radical (unpaired) electrons. The second-order valence-electron chi connectivity index (χ2n) is 16.1. The van der Waals surface area contributed by atoms with Gasteiger partial charge in [-0.3, -0.25) is 4.79 Å². The van der Waals surface area contributed by atoms with Crippen LogP contribution in [0.2, 0.25) is 0 Å². The first-order valence-corrected chi connectivity index (χ1v) is 16.6. The monoisotopic (exact) mass is 658 g/mol. The van der Waals surface area contributed by atoms with Crippen LogP contribution in [0, 0.1) is 22.7 Å². The molecule has 3 saturated carbocycles. The van der Waals surface area contributed by atoms with Crippen molar-refractivity contribution in [2.75, 3.05) is 6.61 Å². The molecule has 5 aliphatic rings. The Bertz CT molecular complexity index is 1200. The third-order valence-electron chi connectivity index (χ3n) is 12.8. The number of hydrogen-bond donors (Lipinski definition) is 10. The number of aliphatic hydroxyl groups is 10. The normalized spacial score (nSPS) is 49.8. The lowest BCUT2D eigenvalue weighted by molar-refractivity contribution is -0.327. The summed E-state index contributed by atoms with van der Waals surface area (Å²) in [4.78, 5) is 13.9. The van der Waals surface area contributed by atoms with Crippen molar-refractivity contribution in [2.24, 2.45) is 22.7 Å². The Labute approximate surface area is 269 Å². The first kappa shape index (κ1) is 36.2. The van der Waals surface area contributed by atoms with Gasteiger partial charge in [0.25, 0.3) is 0 Å². The minimum Gasteiger partial charge on any atom is -0.394 e. The van der Waals surface area contributed by atoms with E-state index < -0.39 is 106 Å². The van der Waals surface area contributed by atoms with Gasteiger partial charge < -0.3 is 60.5 Å². The van der Waals surface area contributed by atoms with E-state index in [1.165, 1.54) is 6.08 Å². The van der Waals surface area contributed by atoms with E-state index in [-0.39, 0.29) is 32.1 Å². The lowest BCUT2D eigenvalue weighted by Crippen LogP contribution is -2.70. The topological polar surface area (TPSA) is 238 Å². The van der Waals surface area contributed by atoms with E-state index in [2.05, 4.69) is 0 Å². The van der Waals surface area contributed by atoms with Gasteiger partial charge in [-0.25, -0.2) is 0 Å². The van der Waals surface area contributed by atoms with Crippen molar-refractivity contribution in [3.8, 4) is 0 Å². The van der Waals surface area contributed by atoms with Gasteiger partial charge in [0.2, 0.25) is 0 Å². The zero-order valence-corrected chi connectivity index (χ0v) is 27.4. The second-order valence-corrected chi connectivity index (χ2v) is 16.1. The first-order chi connectivity index (χ1) is 21.1. The third kappa shape index (κ3) is 5.34. The molecule has 264 valence electrons. The van der Waals surface area contributed by atoms with Crippen LogP contribution in [0.3, 0.4) is 0 Å². The predicted octanol–water partition coefficient (Wildman–Crippen LogP) is -1.21. The lowest BCUT2D eigenvalue weighted by atomic mass is 9.44. The number of ketones is 1. The summed E-state index contributed by atoms with van der Waals surface area (Å²) in [5.74, 6) is -1.73. The molecule has 1 heterocycles. The number of aliphatic hydroxyl groups excluding tert-OH is 6. The molecule has 2 unspecified atom stereocenters. The SMILES string of the molecule is CC(C)(O)CC[C@@H](O)[C@](C)(O)C1CCC2(O)C3=CC(=O)[C@@]4(O)C[C@@H](O[C@@H]5O[C@H](CO)[C@@H](O)[C@H](O)[C@H]5O)[C@@H](O)C[C@]4(C)[C@H]3CC[C@]12C. The van der Waals surface area contributed by atoms with E-state index in [1.54, 1.807) is 27.7 Å². The molecule has 13 nitrogen and oxygen atoms in total. The quantitative estimate of drug-likeness (QED) is 0.148. The Kier molecular flexibility index (Phi) is 9.27.